The zero-order chi connectivity index (χ0) is 20.5. The molecule has 1 amide bonds. The Kier molecular flexibility index (Phi) is 6.05. The van der Waals surface area contributed by atoms with E-state index in [-0.39, 0.29) is 17.7 Å². The largest absolute Gasteiger partial charge is 0.389 e. The summed E-state index contributed by atoms with van der Waals surface area (Å²) >= 11 is 0. The molecule has 12 nitrogen and oxygen atoms in total. The quantitative estimate of drug-likeness (QED) is 0.313. The Morgan fingerprint density at radius 2 is 1.78 bits per heavy atom. The smallest absolute Gasteiger partial charge is 0.279 e. The molecule has 148 valence electrons. The molecule has 2 rings (SSSR count). The molecule has 0 bridgehead atoms. The number of hydrogen-bond donors (Lipinski definition) is 5. The van der Waals surface area contributed by atoms with Gasteiger partial charge in [-0.05, 0) is 13.8 Å². The lowest BCUT2D eigenvalue weighted by atomic mass is 9.91. The molecular formula is C15H20N4O8. The van der Waals surface area contributed by atoms with Crippen molar-refractivity contribution in [1.29, 1.82) is 0 Å². The Morgan fingerprint density at radius 1 is 1.15 bits per heavy atom. The Balaban J connectivity index is 2.21. The van der Waals surface area contributed by atoms with Gasteiger partial charge in [-0.1, -0.05) is 0 Å². The van der Waals surface area contributed by atoms with Crippen molar-refractivity contribution in [2.45, 2.75) is 44.2 Å². The van der Waals surface area contributed by atoms with Gasteiger partial charge in [0.15, 0.2) is 0 Å². The number of nitro benzene ring substituents is 2. The average molecular weight is 384 g/mol. The number of aliphatic hydroxyl groups is 3. The van der Waals surface area contributed by atoms with Gasteiger partial charge in [0.2, 0.25) is 0 Å². The Hall–Kier alpha value is -2.67. The van der Waals surface area contributed by atoms with E-state index in [0.717, 1.165) is 12.1 Å². The number of nitrogens with zero attached hydrogens (tertiary/aromatic N) is 2. The highest BCUT2D eigenvalue weighted by molar-refractivity contribution is 5.97. The number of carbonyl (C=O) groups excluding carboxylic acids is 1. The molecule has 0 aliphatic carbocycles. The maximum atomic E-state index is 12.4. The van der Waals surface area contributed by atoms with E-state index in [0.29, 0.717) is 0 Å². The fourth-order valence-electron chi connectivity index (χ4n) is 2.96. The van der Waals surface area contributed by atoms with Crippen molar-refractivity contribution in [3.8, 4) is 0 Å². The first kappa shape index (κ1) is 20.6. The standard InChI is InChI=1S/C15H20N4O8/c1-6-9(3-8(18(24)25)4-11(6)19(26)27)15(23)16-5-10-13(21)14(22)12(20)7(2)17-10/h3-4,7,10,12-14,17,20-22H,5H2,1-2H3,(H,16,23)/t7-,10+,12+,13+,14+/m0/s1. The van der Waals surface area contributed by atoms with Crippen LogP contribution in [0, 0.1) is 27.2 Å². The number of nitro groups is 2. The number of piperidine rings is 1. The molecule has 0 aromatic heterocycles. The van der Waals surface area contributed by atoms with Crippen molar-refractivity contribution in [3.05, 3.63) is 43.5 Å². The number of aliphatic hydroxyl groups excluding tert-OH is 3. The Labute approximate surface area is 153 Å². The van der Waals surface area contributed by atoms with E-state index in [1.54, 1.807) is 6.92 Å². The summed E-state index contributed by atoms with van der Waals surface area (Å²) in [6, 6.07) is 0.365. The van der Waals surface area contributed by atoms with Crippen molar-refractivity contribution in [3.63, 3.8) is 0 Å². The van der Waals surface area contributed by atoms with Crippen LogP contribution in [0.2, 0.25) is 0 Å². The van der Waals surface area contributed by atoms with Crippen molar-refractivity contribution in [2.24, 2.45) is 0 Å². The number of nitrogens with one attached hydrogen (secondary N) is 2. The van der Waals surface area contributed by atoms with Gasteiger partial charge in [0.05, 0.1) is 39.7 Å². The molecule has 1 aliphatic heterocycles. The van der Waals surface area contributed by atoms with Crippen LogP contribution < -0.4 is 10.6 Å². The van der Waals surface area contributed by atoms with Gasteiger partial charge in [-0.2, -0.15) is 0 Å². The summed E-state index contributed by atoms with van der Waals surface area (Å²) in [5.41, 5.74) is -1.43. The Morgan fingerprint density at radius 3 is 2.33 bits per heavy atom. The normalized spacial score (nSPS) is 27.8. The van der Waals surface area contributed by atoms with Crippen molar-refractivity contribution in [2.75, 3.05) is 6.54 Å². The van der Waals surface area contributed by atoms with E-state index in [1.807, 2.05) is 0 Å². The van der Waals surface area contributed by atoms with Crippen LogP contribution in [0.3, 0.4) is 0 Å². The molecule has 1 aromatic carbocycles. The van der Waals surface area contributed by atoms with Crippen LogP contribution >= 0.6 is 0 Å². The fourth-order valence-corrected chi connectivity index (χ4v) is 2.96. The number of carbonyl (C=O) groups is 1. The summed E-state index contributed by atoms with van der Waals surface area (Å²) in [4.78, 5) is 32.8. The summed E-state index contributed by atoms with van der Waals surface area (Å²) in [6.07, 6.45) is -3.96. The van der Waals surface area contributed by atoms with Gasteiger partial charge in [-0.15, -0.1) is 0 Å². The van der Waals surface area contributed by atoms with Crippen molar-refractivity contribution < 1.29 is 30.0 Å². The van der Waals surface area contributed by atoms with Gasteiger partial charge in [-0.3, -0.25) is 25.0 Å². The summed E-state index contributed by atoms with van der Waals surface area (Å²) in [5, 5.41) is 56.8. The highest BCUT2D eigenvalue weighted by Gasteiger charge is 2.40. The maximum Gasteiger partial charge on any atom is 0.279 e. The minimum Gasteiger partial charge on any atom is -0.389 e. The van der Waals surface area contributed by atoms with E-state index in [1.165, 1.54) is 6.92 Å². The van der Waals surface area contributed by atoms with Crippen molar-refractivity contribution >= 4 is 17.3 Å². The second-order valence-corrected chi connectivity index (χ2v) is 6.40. The van der Waals surface area contributed by atoms with Crippen LogP contribution in [0.1, 0.15) is 22.8 Å². The lowest BCUT2D eigenvalue weighted by molar-refractivity contribution is -0.394. The molecule has 5 N–H and O–H groups in total. The molecule has 1 saturated heterocycles. The first-order valence-corrected chi connectivity index (χ1v) is 8.06. The molecule has 0 spiro atoms. The van der Waals surface area contributed by atoms with Crippen molar-refractivity contribution in [1.82, 2.24) is 10.6 Å². The number of benzene rings is 1. The minimum absolute atomic E-state index is 0.0379. The highest BCUT2D eigenvalue weighted by Crippen LogP contribution is 2.28. The van der Waals surface area contributed by atoms with E-state index in [2.05, 4.69) is 10.6 Å². The molecule has 1 fully saturated rings. The topological polar surface area (TPSA) is 188 Å². The first-order chi connectivity index (χ1) is 12.5. The molecule has 0 unspecified atom stereocenters. The van der Waals surface area contributed by atoms with Crippen LogP contribution in [0.4, 0.5) is 11.4 Å². The van der Waals surface area contributed by atoms with Gasteiger partial charge in [0.25, 0.3) is 17.3 Å². The number of rotatable bonds is 5. The molecule has 1 aromatic rings. The van der Waals surface area contributed by atoms with Gasteiger partial charge < -0.3 is 26.0 Å². The predicted molar refractivity (Wildman–Crippen MR) is 91.2 cm³/mol. The monoisotopic (exact) mass is 384 g/mol. The highest BCUT2D eigenvalue weighted by atomic mass is 16.6. The fraction of sp³-hybridized carbons (Fsp3) is 0.533. The van der Waals surface area contributed by atoms with E-state index >= 15 is 0 Å². The summed E-state index contributed by atoms with van der Waals surface area (Å²) in [7, 11) is 0. The maximum absolute atomic E-state index is 12.4. The second kappa shape index (κ2) is 7.92. The van der Waals surface area contributed by atoms with Gasteiger partial charge in [0, 0.05) is 24.2 Å². The summed E-state index contributed by atoms with van der Waals surface area (Å²) in [5.74, 6) is -0.804. The number of non-ortho nitro benzene ring substituents is 1. The predicted octanol–water partition coefficient (Wildman–Crippen LogP) is -1.02. The first-order valence-electron chi connectivity index (χ1n) is 8.06. The number of amides is 1. The van der Waals surface area contributed by atoms with Gasteiger partial charge >= 0.3 is 0 Å². The van der Waals surface area contributed by atoms with E-state index in [4.69, 9.17) is 0 Å². The van der Waals surface area contributed by atoms with Gasteiger partial charge in [-0.25, -0.2) is 0 Å². The summed E-state index contributed by atoms with van der Waals surface area (Å²) in [6.45, 7) is 2.71. The van der Waals surface area contributed by atoms with Crippen LogP contribution in [-0.4, -0.2) is 68.0 Å². The third-order valence-corrected chi connectivity index (χ3v) is 4.60. The van der Waals surface area contributed by atoms with E-state index in [9.17, 15) is 40.3 Å². The lowest BCUT2D eigenvalue weighted by Gasteiger charge is -2.40. The molecule has 0 saturated carbocycles. The second-order valence-electron chi connectivity index (χ2n) is 6.40. The molecule has 1 aliphatic rings. The SMILES string of the molecule is Cc1c(C(=O)NC[C@H]2N[C@@H](C)[C@@H](O)[C@@H](O)[C@@H]2O)cc([N+](=O)[O-])cc1[N+](=O)[O-]. The average Bonchev–Trinajstić information content (AvgIpc) is 2.61. The zero-order valence-corrected chi connectivity index (χ0v) is 14.5. The van der Waals surface area contributed by atoms with Crippen LogP contribution in [0.5, 0.6) is 0 Å². The Bertz CT molecular complexity index is 770. The number of hydrogen-bond acceptors (Lipinski definition) is 9. The van der Waals surface area contributed by atoms with Gasteiger partial charge in [0.1, 0.15) is 6.10 Å². The van der Waals surface area contributed by atoms with Crippen LogP contribution in [-0.2, 0) is 0 Å². The molecule has 12 heteroatoms. The third kappa shape index (κ3) is 4.19. The minimum atomic E-state index is -1.41. The third-order valence-electron chi connectivity index (χ3n) is 4.60. The zero-order valence-electron chi connectivity index (χ0n) is 14.5. The molecule has 1 heterocycles. The van der Waals surface area contributed by atoms with Crippen LogP contribution in [0.15, 0.2) is 12.1 Å². The molecule has 5 atom stereocenters. The van der Waals surface area contributed by atoms with E-state index < -0.39 is 57.5 Å². The summed E-state index contributed by atoms with van der Waals surface area (Å²) < 4.78 is 0. The molecule has 27 heavy (non-hydrogen) atoms. The van der Waals surface area contributed by atoms with Crippen LogP contribution in [0.25, 0.3) is 0 Å². The molecular weight excluding hydrogens is 364 g/mol. The lowest BCUT2D eigenvalue weighted by Crippen LogP contribution is -2.66. The molecule has 0 radical (unpaired) electrons.